The van der Waals surface area contributed by atoms with Crippen molar-refractivity contribution in [1.82, 2.24) is 4.90 Å². The molecular weight excluding hydrogens is 222 g/mol. The molecule has 5 heteroatoms. The van der Waals surface area contributed by atoms with Gasteiger partial charge in [0.05, 0.1) is 6.26 Å². The molecule has 17 heavy (non-hydrogen) atoms. The number of Topliss-reactive ketones (excluding diaryl/α,β-unsaturated/α-hetero) is 2. The van der Waals surface area contributed by atoms with Gasteiger partial charge in [0.15, 0.2) is 5.76 Å². The molecule has 0 spiro atoms. The van der Waals surface area contributed by atoms with Gasteiger partial charge in [-0.05, 0) is 31.4 Å². The van der Waals surface area contributed by atoms with E-state index in [0.717, 1.165) is 19.3 Å². The molecular formula is C12H13NO4. The first kappa shape index (κ1) is 11.6. The van der Waals surface area contributed by atoms with Gasteiger partial charge in [-0.1, -0.05) is 0 Å². The average Bonchev–Trinajstić information content (AvgIpc) is 2.91. The zero-order valence-electron chi connectivity index (χ0n) is 9.35. The van der Waals surface area contributed by atoms with Gasteiger partial charge in [-0.2, -0.15) is 0 Å². The third-order valence-corrected chi connectivity index (χ3v) is 2.79. The van der Waals surface area contributed by atoms with Crippen molar-refractivity contribution in [3.63, 3.8) is 0 Å². The van der Waals surface area contributed by atoms with E-state index in [1.54, 1.807) is 0 Å². The number of hydrogen-bond donors (Lipinski definition) is 0. The second kappa shape index (κ2) is 4.95. The van der Waals surface area contributed by atoms with Crippen molar-refractivity contribution in [3.05, 3.63) is 24.2 Å². The van der Waals surface area contributed by atoms with Crippen LogP contribution in [-0.4, -0.2) is 35.5 Å². The summed E-state index contributed by atoms with van der Waals surface area (Å²) in [6.45, 7) is 1.10. The topological polar surface area (TPSA) is 67.6 Å². The lowest BCUT2D eigenvalue weighted by molar-refractivity contribution is -0.142. The Morgan fingerprint density at radius 3 is 2.41 bits per heavy atom. The zero-order chi connectivity index (χ0) is 12.3. The highest BCUT2D eigenvalue weighted by molar-refractivity contribution is 6.66. The van der Waals surface area contributed by atoms with Gasteiger partial charge in [-0.15, -0.1) is 0 Å². The van der Waals surface area contributed by atoms with E-state index >= 15 is 0 Å². The SMILES string of the molecule is O=C(C(=O)c1ccco1)C(=O)N1CCCCC1. The fraction of sp³-hybridized carbons (Fsp3) is 0.417. The van der Waals surface area contributed by atoms with Crippen molar-refractivity contribution in [1.29, 1.82) is 0 Å². The average molecular weight is 235 g/mol. The summed E-state index contributed by atoms with van der Waals surface area (Å²) in [7, 11) is 0. The molecule has 0 atom stereocenters. The lowest BCUT2D eigenvalue weighted by Gasteiger charge is -2.25. The molecule has 1 aromatic heterocycles. The Labute approximate surface area is 98.4 Å². The molecule has 1 fully saturated rings. The first-order valence-corrected chi connectivity index (χ1v) is 5.61. The molecule has 0 aromatic carbocycles. The number of carbonyl (C=O) groups excluding carboxylic acids is 3. The van der Waals surface area contributed by atoms with Crippen LogP contribution in [0.5, 0.6) is 0 Å². The van der Waals surface area contributed by atoms with Crippen LogP contribution in [0.2, 0.25) is 0 Å². The first-order valence-electron chi connectivity index (χ1n) is 5.61. The lowest BCUT2D eigenvalue weighted by Crippen LogP contribution is -2.42. The van der Waals surface area contributed by atoms with Crippen LogP contribution in [0.1, 0.15) is 29.8 Å². The van der Waals surface area contributed by atoms with Crippen LogP contribution in [0.25, 0.3) is 0 Å². The van der Waals surface area contributed by atoms with Crippen molar-refractivity contribution >= 4 is 17.5 Å². The predicted octanol–water partition coefficient (Wildman–Crippen LogP) is 1.04. The van der Waals surface area contributed by atoms with Gasteiger partial charge in [-0.3, -0.25) is 14.4 Å². The van der Waals surface area contributed by atoms with E-state index in [1.165, 1.54) is 23.3 Å². The van der Waals surface area contributed by atoms with E-state index < -0.39 is 17.5 Å². The van der Waals surface area contributed by atoms with E-state index in [1.807, 2.05) is 0 Å². The highest BCUT2D eigenvalue weighted by Crippen LogP contribution is 2.10. The van der Waals surface area contributed by atoms with Crippen LogP contribution >= 0.6 is 0 Å². The molecule has 2 heterocycles. The number of rotatable bonds is 3. The molecule has 0 N–H and O–H groups in total. The summed E-state index contributed by atoms with van der Waals surface area (Å²) < 4.78 is 4.81. The summed E-state index contributed by atoms with van der Waals surface area (Å²) in [5.41, 5.74) is 0. The molecule has 0 radical (unpaired) electrons. The van der Waals surface area contributed by atoms with Crippen LogP contribution in [0.15, 0.2) is 22.8 Å². The minimum atomic E-state index is -1.01. The molecule has 1 aliphatic heterocycles. The fourth-order valence-electron chi connectivity index (χ4n) is 1.86. The number of piperidine rings is 1. The van der Waals surface area contributed by atoms with E-state index in [0.29, 0.717) is 13.1 Å². The third-order valence-electron chi connectivity index (χ3n) is 2.79. The molecule has 90 valence electrons. The predicted molar refractivity (Wildman–Crippen MR) is 58.5 cm³/mol. The molecule has 1 aliphatic rings. The number of furan rings is 1. The highest BCUT2D eigenvalue weighted by Gasteiger charge is 2.30. The standard InChI is InChI=1S/C12H13NO4/c14-10(9-5-4-8-17-9)11(15)12(16)13-6-2-1-3-7-13/h4-5,8H,1-3,6-7H2. The largest absolute Gasteiger partial charge is 0.461 e. The van der Waals surface area contributed by atoms with Gasteiger partial charge in [0, 0.05) is 13.1 Å². The van der Waals surface area contributed by atoms with Gasteiger partial charge in [0.25, 0.3) is 17.5 Å². The molecule has 1 saturated heterocycles. The summed E-state index contributed by atoms with van der Waals surface area (Å²) in [4.78, 5) is 36.4. The molecule has 0 unspecified atom stereocenters. The monoisotopic (exact) mass is 235 g/mol. The van der Waals surface area contributed by atoms with E-state index in [2.05, 4.69) is 0 Å². The number of nitrogens with zero attached hydrogens (tertiary/aromatic N) is 1. The maximum Gasteiger partial charge on any atom is 0.298 e. The van der Waals surface area contributed by atoms with Gasteiger partial charge in [0.2, 0.25) is 0 Å². The maximum absolute atomic E-state index is 11.7. The van der Waals surface area contributed by atoms with Crippen LogP contribution in [0.3, 0.4) is 0 Å². The molecule has 0 aliphatic carbocycles. The minimum Gasteiger partial charge on any atom is -0.461 e. The Morgan fingerprint density at radius 2 is 1.82 bits per heavy atom. The van der Waals surface area contributed by atoms with E-state index in [-0.39, 0.29) is 5.76 Å². The lowest BCUT2D eigenvalue weighted by atomic mass is 10.1. The number of hydrogen-bond acceptors (Lipinski definition) is 4. The molecule has 0 saturated carbocycles. The van der Waals surface area contributed by atoms with Crippen LogP contribution < -0.4 is 0 Å². The smallest absolute Gasteiger partial charge is 0.298 e. The molecule has 1 amide bonds. The highest BCUT2D eigenvalue weighted by atomic mass is 16.3. The Morgan fingerprint density at radius 1 is 1.12 bits per heavy atom. The van der Waals surface area contributed by atoms with Crippen molar-refractivity contribution < 1.29 is 18.8 Å². The van der Waals surface area contributed by atoms with Crippen molar-refractivity contribution in [2.45, 2.75) is 19.3 Å². The van der Waals surface area contributed by atoms with Crippen molar-refractivity contribution in [2.24, 2.45) is 0 Å². The quantitative estimate of drug-likeness (QED) is 0.446. The first-order chi connectivity index (χ1) is 8.20. The van der Waals surface area contributed by atoms with Gasteiger partial charge < -0.3 is 9.32 Å². The van der Waals surface area contributed by atoms with Gasteiger partial charge in [0.1, 0.15) is 0 Å². The Kier molecular flexibility index (Phi) is 3.37. The minimum absolute atomic E-state index is 0.0830. The Bertz CT molecular complexity index is 429. The summed E-state index contributed by atoms with van der Waals surface area (Å²) >= 11 is 0. The summed E-state index contributed by atoms with van der Waals surface area (Å²) in [6, 6.07) is 2.88. The maximum atomic E-state index is 11.7. The zero-order valence-corrected chi connectivity index (χ0v) is 9.35. The second-order valence-electron chi connectivity index (χ2n) is 3.99. The van der Waals surface area contributed by atoms with E-state index in [9.17, 15) is 14.4 Å². The fourth-order valence-corrected chi connectivity index (χ4v) is 1.86. The van der Waals surface area contributed by atoms with Crippen molar-refractivity contribution in [3.8, 4) is 0 Å². The summed E-state index contributed by atoms with van der Waals surface area (Å²) in [5, 5.41) is 0. The number of likely N-dealkylation sites (tertiary alicyclic amines) is 1. The molecule has 1 aromatic rings. The molecule has 2 rings (SSSR count). The number of carbonyl (C=O) groups is 3. The third kappa shape index (κ3) is 2.43. The normalized spacial score (nSPS) is 15.6. The van der Waals surface area contributed by atoms with E-state index in [4.69, 9.17) is 4.42 Å². The van der Waals surface area contributed by atoms with Crippen LogP contribution in [-0.2, 0) is 9.59 Å². The second-order valence-corrected chi connectivity index (χ2v) is 3.99. The van der Waals surface area contributed by atoms with Gasteiger partial charge >= 0.3 is 0 Å². The van der Waals surface area contributed by atoms with Gasteiger partial charge in [-0.25, -0.2) is 0 Å². The van der Waals surface area contributed by atoms with Crippen LogP contribution in [0, 0.1) is 0 Å². The Balaban J connectivity index is 2.04. The van der Waals surface area contributed by atoms with Crippen molar-refractivity contribution in [2.75, 3.05) is 13.1 Å². The Hall–Kier alpha value is -1.91. The molecule has 0 bridgehead atoms. The van der Waals surface area contributed by atoms with Crippen LogP contribution in [0.4, 0.5) is 0 Å². The summed E-state index contributed by atoms with van der Waals surface area (Å²) in [5.74, 6) is -2.68. The number of ketones is 2. The molecule has 5 nitrogen and oxygen atoms in total. The summed E-state index contributed by atoms with van der Waals surface area (Å²) in [6.07, 6.45) is 4.12. The number of amides is 1.